The Morgan fingerprint density at radius 1 is 1.14 bits per heavy atom. The van der Waals surface area contributed by atoms with Gasteiger partial charge >= 0.3 is 11.7 Å². The third kappa shape index (κ3) is 3.91. The molecule has 4 amide bonds. The predicted molar refractivity (Wildman–Crippen MR) is 107 cm³/mol. The molecule has 2 heterocycles. The van der Waals surface area contributed by atoms with Gasteiger partial charge in [-0.15, -0.1) is 0 Å². The summed E-state index contributed by atoms with van der Waals surface area (Å²) in [5.74, 6) is -1.11. The lowest BCUT2D eigenvalue weighted by atomic mass is 9.95. The Morgan fingerprint density at radius 3 is 2.86 bits per heavy atom. The minimum absolute atomic E-state index is 0.124. The second-order valence-corrected chi connectivity index (χ2v) is 6.69. The van der Waals surface area contributed by atoms with Crippen LogP contribution in [0.2, 0.25) is 0 Å². The molecule has 146 valence electrons. The number of amides is 4. The van der Waals surface area contributed by atoms with Crippen molar-refractivity contribution >= 4 is 40.2 Å². The van der Waals surface area contributed by atoms with E-state index in [9.17, 15) is 19.2 Å². The molecule has 8 nitrogen and oxygen atoms in total. The number of benzene rings is 1. The van der Waals surface area contributed by atoms with Crippen LogP contribution in [-0.4, -0.2) is 35.0 Å². The molecule has 1 aromatic carbocycles. The molecule has 2 aromatic rings. The summed E-state index contributed by atoms with van der Waals surface area (Å²) < 4.78 is 5.05. The highest BCUT2D eigenvalue weighted by Gasteiger charge is 2.35. The second kappa shape index (κ2) is 7.67. The number of allylic oxidation sites excluding steroid dienone is 3. The summed E-state index contributed by atoms with van der Waals surface area (Å²) in [6.45, 7) is 0.124. The van der Waals surface area contributed by atoms with Crippen LogP contribution in [-0.2, 0) is 9.59 Å². The van der Waals surface area contributed by atoms with Crippen molar-refractivity contribution in [3.05, 3.63) is 65.1 Å². The highest BCUT2D eigenvalue weighted by Crippen LogP contribution is 2.20. The molecule has 0 saturated heterocycles. The third-order valence-corrected chi connectivity index (χ3v) is 4.68. The summed E-state index contributed by atoms with van der Waals surface area (Å²) in [6.07, 6.45) is 7.29. The topological polar surface area (TPSA) is 109 Å². The Morgan fingerprint density at radius 2 is 2.00 bits per heavy atom. The molecule has 4 rings (SSSR count). The molecule has 0 saturated carbocycles. The van der Waals surface area contributed by atoms with Crippen LogP contribution in [0, 0.1) is 5.92 Å². The molecule has 0 fully saturated rings. The Hall–Kier alpha value is -3.81. The van der Waals surface area contributed by atoms with E-state index in [-0.39, 0.29) is 24.8 Å². The molecule has 1 atom stereocenters. The average molecular weight is 391 g/mol. The van der Waals surface area contributed by atoms with Crippen LogP contribution in [0.5, 0.6) is 0 Å². The van der Waals surface area contributed by atoms with E-state index in [0.29, 0.717) is 28.8 Å². The Labute approximate surface area is 165 Å². The number of nitrogens with one attached hydrogen (secondary N) is 1. The number of aliphatic imine (C=N–C) groups is 1. The van der Waals surface area contributed by atoms with Gasteiger partial charge in [-0.1, -0.05) is 18.2 Å². The smallest absolute Gasteiger partial charge is 0.350 e. The van der Waals surface area contributed by atoms with Gasteiger partial charge in [0.15, 0.2) is 0 Å². The summed E-state index contributed by atoms with van der Waals surface area (Å²) in [5.41, 5.74) is 1.01. The molecule has 1 aliphatic heterocycles. The fraction of sp³-hybridized carbons (Fsp3) is 0.190. The van der Waals surface area contributed by atoms with Gasteiger partial charge in [-0.2, -0.15) is 4.99 Å². The number of imide groups is 1. The Bertz CT molecular complexity index is 1160. The zero-order valence-corrected chi connectivity index (χ0v) is 15.3. The number of fused-ring (bicyclic) bond motifs is 2. The molecule has 2 aliphatic rings. The van der Waals surface area contributed by atoms with Crippen molar-refractivity contribution in [1.82, 2.24) is 4.90 Å². The maximum Gasteiger partial charge on any atom is 0.350 e. The van der Waals surface area contributed by atoms with Crippen LogP contribution >= 0.6 is 0 Å². The van der Waals surface area contributed by atoms with E-state index in [1.807, 2.05) is 0 Å². The summed E-state index contributed by atoms with van der Waals surface area (Å²) in [6, 6.07) is 7.28. The Balaban J connectivity index is 1.34. The number of hydrogen-bond acceptors (Lipinski definition) is 5. The van der Waals surface area contributed by atoms with Crippen LogP contribution in [0.3, 0.4) is 0 Å². The standard InChI is InChI=1S/C21H17N3O5/c25-18(22-14-8-9-17-13(12-14)7-10-19(26)29-17)6-3-11-24-20(27)15-4-1-2-5-16(15)23-21(24)28/h1-2,4-5,7-10,12,15H,3,6,11H2,(H,22,25). The van der Waals surface area contributed by atoms with Crippen LogP contribution < -0.4 is 10.9 Å². The number of hydrogen-bond donors (Lipinski definition) is 1. The van der Waals surface area contributed by atoms with Gasteiger partial charge in [0, 0.05) is 30.1 Å². The van der Waals surface area contributed by atoms with Crippen molar-refractivity contribution in [3.8, 4) is 0 Å². The quantitative estimate of drug-likeness (QED) is 0.788. The fourth-order valence-corrected chi connectivity index (χ4v) is 3.26. The number of carbonyl (C=O) groups excluding carboxylic acids is 3. The Kier molecular flexibility index (Phi) is 4.90. The number of urea groups is 1. The first-order valence-electron chi connectivity index (χ1n) is 9.14. The number of rotatable bonds is 5. The average Bonchev–Trinajstić information content (AvgIpc) is 2.70. The van der Waals surface area contributed by atoms with Gasteiger partial charge in [0.2, 0.25) is 11.8 Å². The van der Waals surface area contributed by atoms with Crippen LogP contribution in [0.4, 0.5) is 10.5 Å². The molecule has 0 spiro atoms. The van der Waals surface area contributed by atoms with Gasteiger partial charge in [0.05, 0.1) is 11.6 Å². The van der Waals surface area contributed by atoms with E-state index in [2.05, 4.69) is 10.3 Å². The zero-order valence-electron chi connectivity index (χ0n) is 15.3. The molecule has 1 unspecified atom stereocenters. The van der Waals surface area contributed by atoms with E-state index >= 15 is 0 Å². The van der Waals surface area contributed by atoms with Gasteiger partial charge in [-0.3, -0.25) is 14.5 Å². The normalized spacial score (nSPS) is 18.0. The maximum atomic E-state index is 12.5. The van der Waals surface area contributed by atoms with Crippen molar-refractivity contribution in [2.75, 3.05) is 11.9 Å². The lowest BCUT2D eigenvalue weighted by Gasteiger charge is -2.28. The molecule has 29 heavy (non-hydrogen) atoms. The van der Waals surface area contributed by atoms with Gasteiger partial charge in [0.1, 0.15) is 5.58 Å². The van der Waals surface area contributed by atoms with E-state index < -0.39 is 17.6 Å². The summed E-state index contributed by atoms with van der Waals surface area (Å²) in [7, 11) is 0. The minimum atomic E-state index is -0.599. The first kappa shape index (κ1) is 18.5. The molecule has 0 bridgehead atoms. The molecule has 8 heteroatoms. The van der Waals surface area contributed by atoms with Crippen LogP contribution in [0.1, 0.15) is 12.8 Å². The second-order valence-electron chi connectivity index (χ2n) is 6.69. The number of anilines is 1. The molecular formula is C21H17N3O5. The molecular weight excluding hydrogens is 374 g/mol. The van der Waals surface area contributed by atoms with E-state index in [0.717, 1.165) is 4.90 Å². The zero-order chi connectivity index (χ0) is 20.4. The largest absolute Gasteiger partial charge is 0.423 e. The van der Waals surface area contributed by atoms with E-state index in [4.69, 9.17) is 4.42 Å². The lowest BCUT2D eigenvalue weighted by molar-refractivity contribution is -0.129. The number of carbonyl (C=O) groups is 3. The maximum absolute atomic E-state index is 12.5. The van der Waals surface area contributed by atoms with Crippen molar-refractivity contribution in [3.63, 3.8) is 0 Å². The molecule has 1 aromatic heterocycles. The van der Waals surface area contributed by atoms with Crippen molar-refractivity contribution in [1.29, 1.82) is 0 Å². The monoisotopic (exact) mass is 391 g/mol. The van der Waals surface area contributed by atoms with E-state index in [1.54, 1.807) is 48.6 Å². The van der Waals surface area contributed by atoms with Gasteiger partial charge < -0.3 is 9.73 Å². The highest BCUT2D eigenvalue weighted by atomic mass is 16.4. The van der Waals surface area contributed by atoms with Gasteiger partial charge in [-0.05, 0) is 36.8 Å². The highest BCUT2D eigenvalue weighted by molar-refractivity contribution is 6.21. The van der Waals surface area contributed by atoms with Crippen molar-refractivity contribution in [2.45, 2.75) is 12.8 Å². The SMILES string of the molecule is O=C(CCCN1C(=O)N=C2C=CC=CC2C1=O)Nc1ccc2oc(=O)ccc2c1. The van der Waals surface area contributed by atoms with Gasteiger partial charge in [-0.25, -0.2) is 9.59 Å². The first-order chi connectivity index (χ1) is 14.0. The first-order valence-corrected chi connectivity index (χ1v) is 9.14. The summed E-state index contributed by atoms with van der Waals surface area (Å²) in [5, 5.41) is 3.45. The summed E-state index contributed by atoms with van der Waals surface area (Å²) >= 11 is 0. The molecule has 1 aliphatic carbocycles. The van der Waals surface area contributed by atoms with Gasteiger partial charge in [0.25, 0.3) is 0 Å². The van der Waals surface area contributed by atoms with Crippen LogP contribution in [0.15, 0.2) is 68.8 Å². The fourth-order valence-electron chi connectivity index (χ4n) is 3.26. The third-order valence-electron chi connectivity index (χ3n) is 4.68. The molecule has 1 N–H and O–H groups in total. The van der Waals surface area contributed by atoms with Crippen molar-refractivity contribution < 1.29 is 18.8 Å². The van der Waals surface area contributed by atoms with E-state index in [1.165, 1.54) is 6.07 Å². The summed E-state index contributed by atoms with van der Waals surface area (Å²) in [4.78, 5) is 53.1. The minimum Gasteiger partial charge on any atom is -0.423 e. The molecule has 0 radical (unpaired) electrons. The lowest BCUT2D eigenvalue weighted by Crippen LogP contribution is -2.46. The number of nitrogens with zero attached hydrogens (tertiary/aromatic N) is 2. The van der Waals surface area contributed by atoms with Crippen LogP contribution in [0.25, 0.3) is 11.0 Å². The van der Waals surface area contributed by atoms with Crippen molar-refractivity contribution in [2.24, 2.45) is 10.9 Å². The predicted octanol–water partition coefficient (Wildman–Crippen LogP) is 2.66.